The zero-order valence-corrected chi connectivity index (χ0v) is 12.1. The molecule has 0 aliphatic heterocycles. The van der Waals surface area contributed by atoms with E-state index in [0.29, 0.717) is 24.9 Å². The van der Waals surface area contributed by atoms with E-state index in [9.17, 15) is 19.1 Å². The molecular weight excluding hydrogens is 275 g/mol. The number of carbonyl (C=O) groups is 2. The fourth-order valence-electron chi connectivity index (χ4n) is 1.72. The van der Waals surface area contributed by atoms with Gasteiger partial charge in [-0.3, -0.25) is 9.59 Å². The van der Waals surface area contributed by atoms with Gasteiger partial charge in [-0.25, -0.2) is 4.39 Å². The van der Waals surface area contributed by atoms with Crippen LogP contribution < -0.4 is 10.6 Å². The average Bonchev–Trinajstić information content (AvgIpc) is 2.45. The van der Waals surface area contributed by atoms with Crippen molar-refractivity contribution in [3.8, 4) is 0 Å². The van der Waals surface area contributed by atoms with Gasteiger partial charge in [0.25, 0.3) is 0 Å². The summed E-state index contributed by atoms with van der Waals surface area (Å²) in [5, 5.41) is 14.4. The summed E-state index contributed by atoms with van der Waals surface area (Å²) < 4.78 is 12.9. The lowest BCUT2D eigenvalue weighted by Crippen LogP contribution is -2.38. The Morgan fingerprint density at radius 1 is 1.29 bits per heavy atom. The molecule has 21 heavy (non-hydrogen) atoms. The monoisotopic (exact) mass is 296 g/mol. The maximum atomic E-state index is 12.9. The van der Waals surface area contributed by atoms with Crippen LogP contribution in [0.2, 0.25) is 0 Å². The van der Waals surface area contributed by atoms with Crippen LogP contribution in [0.25, 0.3) is 0 Å². The summed E-state index contributed by atoms with van der Waals surface area (Å²) in [6, 6.07) is 5.77. The van der Waals surface area contributed by atoms with E-state index in [1.165, 1.54) is 18.2 Å². The highest BCUT2D eigenvalue weighted by atomic mass is 19.1. The predicted molar refractivity (Wildman–Crippen MR) is 77.0 cm³/mol. The molecular formula is C15H21FN2O3. The number of nitrogens with one attached hydrogen (secondary N) is 2. The second kappa shape index (κ2) is 9.07. The van der Waals surface area contributed by atoms with Gasteiger partial charge in [0.2, 0.25) is 11.8 Å². The van der Waals surface area contributed by atoms with E-state index in [0.717, 1.165) is 0 Å². The van der Waals surface area contributed by atoms with Gasteiger partial charge < -0.3 is 15.7 Å². The number of halogens is 1. The minimum Gasteiger partial charge on any atom is -0.393 e. The van der Waals surface area contributed by atoms with E-state index >= 15 is 0 Å². The standard InChI is InChI=1S/C15H21FN2O3/c1-2-13(19)6-7-17-15(21)10-18-14(20)9-11-4-3-5-12(16)8-11/h3-5,8,13,19H,2,6-7,9-10H2,1H3,(H,17,21)(H,18,20). The van der Waals surface area contributed by atoms with Crippen LogP contribution in [0.15, 0.2) is 24.3 Å². The normalized spacial score (nSPS) is 11.8. The lowest BCUT2D eigenvalue weighted by molar-refractivity contribution is -0.125. The van der Waals surface area contributed by atoms with Crippen molar-refractivity contribution in [1.29, 1.82) is 0 Å². The molecule has 116 valence electrons. The highest BCUT2D eigenvalue weighted by Gasteiger charge is 2.07. The van der Waals surface area contributed by atoms with E-state index in [1.54, 1.807) is 6.07 Å². The van der Waals surface area contributed by atoms with Crippen LogP contribution in [-0.4, -0.2) is 36.1 Å². The molecule has 3 N–H and O–H groups in total. The second-order valence-electron chi connectivity index (χ2n) is 4.78. The number of hydrogen-bond acceptors (Lipinski definition) is 3. The highest BCUT2D eigenvalue weighted by Crippen LogP contribution is 2.03. The summed E-state index contributed by atoms with van der Waals surface area (Å²) >= 11 is 0. The SMILES string of the molecule is CCC(O)CCNC(=O)CNC(=O)Cc1cccc(F)c1. The van der Waals surface area contributed by atoms with Crippen molar-refractivity contribution in [3.63, 3.8) is 0 Å². The maximum Gasteiger partial charge on any atom is 0.239 e. The molecule has 0 aliphatic rings. The van der Waals surface area contributed by atoms with Crippen LogP contribution in [0.3, 0.4) is 0 Å². The molecule has 0 saturated carbocycles. The van der Waals surface area contributed by atoms with Crippen molar-refractivity contribution in [2.45, 2.75) is 32.3 Å². The predicted octanol–water partition coefficient (Wildman–Crippen LogP) is 0.762. The Labute approximate surface area is 123 Å². The summed E-state index contributed by atoms with van der Waals surface area (Å²) in [5.74, 6) is -1.05. The highest BCUT2D eigenvalue weighted by molar-refractivity contribution is 5.85. The summed E-state index contributed by atoms with van der Waals surface area (Å²) in [6.07, 6.45) is 0.729. The Balaban J connectivity index is 2.22. The van der Waals surface area contributed by atoms with Crippen molar-refractivity contribution in [2.24, 2.45) is 0 Å². The van der Waals surface area contributed by atoms with Gasteiger partial charge in [0.05, 0.1) is 19.1 Å². The van der Waals surface area contributed by atoms with E-state index in [1.807, 2.05) is 6.92 Å². The van der Waals surface area contributed by atoms with Crippen LogP contribution >= 0.6 is 0 Å². The fourth-order valence-corrected chi connectivity index (χ4v) is 1.72. The molecule has 0 fully saturated rings. The average molecular weight is 296 g/mol. The zero-order valence-electron chi connectivity index (χ0n) is 12.1. The number of rotatable bonds is 8. The van der Waals surface area contributed by atoms with E-state index in [-0.39, 0.29) is 24.8 Å². The van der Waals surface area contributed by atoms with E-state index < -0.39 is 11.9 Å². The maximum absolute atomic E-state index is 12.9. The summed E-state index contributed by atoms with van der Waals surface area (Å²) in [6.45, 7) is 2.10. The van der Waals surface area contributed by atoms with E-state index in [4.69, 9.17) is 0 Å². The number of hydrogen-bond donors (Lipinski definition) is 3. The Morgan fingerprint density at radius 2 is 2.05 bits per heavy atom. The third kappa shape index (κ3) is 7.41. The number of amides is 2. The van der Waals surface area contributed by atoms with Crippen molar-refractivity contribution < 1.29 is 19.1 Å². The van der Waals surface area contributed by atoms with Gasteiger partial charge in [-0.2, -0.15) is 0 Å². The van der Waals surface area contributed by atoms with Gasteiger partial charge >= 0.3 is 0 Å². The summed E-state index contributed by atoms with van der Waals surface area (Å²) in [7, 11) is 0. The molecule has 0 aromatic heterocycles. The first-order chi connectivity index (χ1) is 10.0. The smallest absolute Gasteiger partial charge is 0.239 e. The molecule has 0 aliphatic carbocycles. The van der Waals surface area contributed by atoms with Crippen molar-refractivity contribution in [2.75, 3.05) is 13.1 Å². The molecule has 0 spiro atoms. The molecule has 6 heteroatoms. The van der Waals surface area contributed by atoms with Crippen molar-refractivity contribution in [1.82, 2.24) is 10.6 Å². The first-order valence-corrected chi connectivity index (χ1v) is 6.97. The molecule has 0 bridgehead atoms. The minimum absolute atomic E-state index is 0.0274. The van der Waals surface area contributed by atoms with Gasteiger partial charge in [-0.15, -0.1) is 0 Å². The van der Waals surface area contributed by atoms with Gasteiger partial charge in [0.1, 0.15) is 5.82 Å². The zero-order chi connectivity index (χ0) is 15.7. The Bertz CT molecular complexity index is 480. The molecule has 1 atom stereocenters. The fraction of sp³-hybridized carbons (Fsp3) is 0.467. The van der Waals surface area contributed by atoms with Crippen LogP contribution in [0.4, 0.5) is 4.39 Å². The largest absolute Gasteiger partial charge is 0.393 e. The van der Waals surface area contributed by atoms with Gasteiger partial charge in [0, 0.05) is 6.54 Å². The first kappa shape index (κ1) is 17.1. The molecule has 5 nitrogen and oxygen atoms in total. The van der Waals surface area contributed by atoms with E-state index in [2.05, 4.69) is 10.6 Å². The number of benzene rings is 1. The Kier molecular flexibility index (Phi) is 7.39. The Hall–Kier alpha value is -1.95. The molecule has 2 amide bonds. The third-order valence-electron chi connectivity index (χ3n) is 2.97. The van der Waals surface area contributed by atoms with Crippen molar-refractivity contribution in [3.05, 3.63) is 35.6 Å². The number of carbonyl (C=O) groups excluding carboxylic acids is 2. The van der Waals surface area contributed by atoms with Gasteiger partial charge in [-0.1, -0.05) is 19.1 Å². The minimum atomic E-state index is -0.423. The summed E-state index contributed by atoms with van der Waals surface area (Å²) in [5.41, 5.74) is 0.555. The van der Waals surface area contributed by atoms with Gasteiger partial charge in [-0.05, 0) is 30.5 Å². The number of aliphatic hydroxyl groups excluding tert-OH is 1. The van der Waals surface area contributed by atoms with Crippen LogP contribution in [0.5, 0.6) is 0 Å². The topological polar surface area (TPSA) is 78.4 Å². The van der Waals surface area contributed by atoms with Crippen LogP contribution in [0.1, 0.15) is 25.3 Å². The molecule has 1 rings (SSSR count). The molecule has 1 aromatic rings. The lowest BCUT2D eigenvalue weighted by Gasteiger charge is -2.09. The molecule has 0 saturated heterocycles. The lowest BCUT2D eigenvalue weighted by atomic mass is 10.1. The van der Waals surface area contributed by atoms with Gasteiger partial charge in [0.15, 0.2) is 0 Å². The molecule has 0 radical (unpaired) electrons. The third-order valence-corrected chi connectivity index (χ3v) is 2.97. The number of aliphatic hydroxyl groups is 1. The first-order valence-electron chi connectivity index (χ1n) is 6.97. The van der Waals surface area contributed by atoms with Crippen LogP contribution in [-0.2, 0) is 16.0 Å². The molecule has 1 aromatic carbocycles. The van der Waals surface area contributed by atoms with Crippen LogP contribution in [0, 0.1) is 5.82 Å². The summed E-state index contributed by atoms with van der Waals surface area (Å²) in [4.78, 5) is 23.1. The second-order valence-corrected chi connectivity index (χ2v) is 4.78. The molecule has 1 unspecified atom stereocenters. The Morgan fingerprint density at radius 3 is 2.71 bits per heavy atom. The quantitative estimate of drug-likeness (QED) is 0.663. The van der Waals surface area contributed by atoms with Crippen molar-refractivity contribution >= 4 is 11.8 Å². The molecule has 0 heterocycles.